The van der Waals surface area contributed by atoms with Crippen LogP contribution in [-0.4, -0.2) is 16.1 Å². The number of aromatic nitrogens is 2. The number of aromatic amines is 1. The van der Waals surface area contributed by atoms with Gasteiger partial charge in [0.05, 0.1) is 17.1 Å². The van der Waals surface area contributed by atoms with Gasteiger partial charge in [-0.15, -0.1) is 0 Å². The van der Waals surface area contributed by atoms with Crippen molar-refractivity contribution in [2.24, 2.45) is 0 Å². The van der Waals surface area contributed by atoms with E-state index in [4.69, 9.17) is 4.42 Å². The molecule has 0 aliphatic rings. The molecule has 3 rings (SSSR count). The number of nitrogens with one attached hydrogen (secondary N) is 2. The first kappa shape index (κ1) is 13.4. The molecule has 0 aliphatic carbocycles. The van der Waals surface area contributed by atoms with Gasteiger partial charge in [0, 0.05) is 10.9 Å². The number of carbonyl (C=O) groups is 1. The topological polar surface area (TPSA) is 70.9 Å². The first-order valence-electron chi connectivity index (χ1n) is 6.49. The lowest BCUT2D eigenvalue weighted by Crippen LogP contribution is -2.13. The Morgan fingerprint density at radius 2 is 2.10 bits per heavy atom. The molecular weight excluding hydrogens is 273 g/mol. The Morgan fingerprint density at radius 3 is 2.71 bits per heavy atom. The first-order chi connectivity index (χ1) is 9.99. The molecule has 1 amide bonds. The number of anilines is 1. The third-order valence-corrected chi connectivity index (χ3v) is 3.49. The Morgan fingerprint density at radius 1 is 1.33 bits per heavy atom. The number of aryl methyl sites for hydroxylation is 3. The van der Waals surface area contributed by atoms with E-state index in [9.17, 15) is 9.18 Å². The van der Waals surface area contributed by atoms with E-state index >= 15 is 0 Å². The van der Waals surface area contributed by atoms with Gasteiger partial charge in [0.25, 0.3) is 5.91 Å². The molecule has 2 aromatic heterocycles. The fourth-order valence-corrected chi connectivity index (χ4v) is 2.33. The average Bonchev–Trinajstić information content (AvgIpc) is 2.95. The second-order valence-electron chi connectivity index (χ2n) is 4.94. The Balaban J connectivity index is 2.03. The normalized spacial score (nSPS) is 11.0. The lowest BCUT2D eigenvalue weighted by Gasteiger charge is -2.03. The molecule has 0 radical (unpaired) electrons. The minimum Gasteiger partial charge on any atom is -0.448 e. The fourth-order valence-electron chi connectivity index (χ4n) is 2.33. The van der Waals surface area contributed by atoms with Crippen LogP contribution in [0.3, 0.4) is 0 Å². The van der Waals surface area contributed by atoms with Crippen molar-refractivity contribution in [1.29, 1.82) is 0 Å². The standard InChI is InChI=1S/C15H14FN3O2/c1-7-10-5-4-6-11(16)14(10)21-13(7)15(20)17-12-8(2)18-19-9(12)3/h4-6H,1-3H3,(H,17,20)(H,18,19). The quantitative estimate of drug-likeness (QED) is 0.758. The van der Waals surface area contributed by atoms with Crippen LogP contribution in [0.2, 0.25) is 0 Å². The number of rotatable bonds is 2. The maximum atomic E-state index is 13.7. The lowest BCUT2D eigenvalue weighted by molar-refractivity contribution is 0.0997. The van der Waals surface area contributed by atoms with Crippen LogP contribution in [0, 0.1) is 26.6 Å². The molecule has 0 saturated heterocycles. The van der Waals surface area contributed by atoms with E-state index in [2.05, 4.69) is 15.5 Å². The number of benzene rings is 1. The van der Waals surface area contributed by atoms with Crippen LogP contribution in [0.5, 0.6) is 0 Å². The molecule has 1 aromatic carbocycles. The molecule has 0 saturated carbocycles. The van der Waals surface area contributed by atoms with Gasteiger partial charge in [-0.05, 0) is 26.8 Å². The van der Waals surface area contributed by atoms with Crippen molar-refractivity contribution in [3.05, 3.63) is 46.7 Å². The van der Waals surface area contributed by atoms with Gasteiger partial charge in [-0.2, -0.15) is 5.10 Å². The number of para-hydroxylation sites is 1. The zero-order chi connectivity index (χ0) is 15.1. The van der Waals surface area contributed by atoms with Gasteiger partial charge in [0.2, 0.25) is 0 Å². The average molecular weight is 287 g/mol. The number of hydrogen-bond acceptors (Lipinski definition) is 3. The van der Waals surface area contributed by atoms with Crippen LogP contribution in [0.15, 0.2) is 22.6 Å². The molecule has 2 heterocycles. The van der Waals surface area contributed by atoms with E-state index in [1.165, 1.54) is 6.07 Å². The summed E-state index contributed by atoms with van der Waals surface area (Å²) in [6, 6.07) is 4.62. The van der Waals surface area contributed by atoms with Crippen LogP contribution < -0.4 is 5.32 Å². The van der Waals surface area contributed by atoms with E-state index in [1.54, 1.807) is 32.9 Å². The Hall–Kier alpha value is -2.63. The van der Waals surface area contributed by atoms with Crippen molar-refractivity contribution < 1.29 is 13.6 Å². The molecule has 2 N–H and O–H groups in total. The number of furan rings is 1. The van der Waals surface area contributed by atoms with Crippen LogP contribution in [-0.2, 0) is 0 Å². The van der Waals surface area contributed by atoms with Gasteiger partial charge < -0.3 is 9.73 Å². The molecule has 0 spiro atoms. The SMILES string of the molecule is Cc1n[nH]c(C)c1NC(=O)c1oc2c(F)cccc2c1C. The van der Waals surface area contributed by atoms with Crippen LogP contribution in [0.25, 0.3) is 11.0 Å². The van der Waals surface area contributed by atoms with Crippen molar-refractivity contribution >= 4 is 22.6 Å². The van der Waals surface area contributed by atoms with Crippen molar-refractivity contribution in [2.45, 2.75) is 20.8 Å². The van der Waals surface area contributed by atoms with Crippen LogP contribution in [0.1, 0.15) is 27.5 Å². The summed E-state index contributed by atoms with van der Waals surface area (Å²) in [7, 11) is 0. The molecular formula is C15H14FN3O2. The second-order valence-corrected chi connectivity index (χ2v) is 4.94. The molecule has 0 unspecified atom stereocenters. The first-order valence-corrected chi connectivity index (χ1v) is 6.49. The highest BCUT2D eigenvalue weighted by molar-refractivity contribution is 6.06. The van der Waals surface area contributed by atoms with Gasteiger partial charge in [0.15, 0.2) is 17.2 Å². The summed E-state index contributed by atoms with van der Waals surface area (Å²) < 4.78 is 19.1. The highest BCUT2D eigenvalue weighted by Crippen LogP contribution is 2.28. The third kappa shape index (κ3) is 2.08. The zero-order valence-electron chi connectivity index (χ0n) is 11.9. The second kappa shape index (κ2) is 4.73. The van der Waals surface area contributed by atoms with E-state index < -0.39 is 11.7 Å². The smallest absolute Gasteiger partial charge is 0.291 e. The number of fused-ring (bicyclic) bond motifs is 1. The summed E-state index contributed by atoms with van der Waals surface area (Å²) >= 11 is 0. The van der Waals surface area contributed by atoms with Crippen LogP contribution >= 0.6 is 0 Å². The number of hydrogen-bond donors (Lipinski definition) is 2. The summed E-state index contributed by atoms with van der Waals surface area (Å²) in [5.74, 6) is -0.795. The summed E-state index contributed by atoms with van der Waals surface area (Å²) in [5, 5.41) is 10.1. The highest BCUT2D eigenvalue weighted by atomic mass is 19.1. The van der Waals surface area contributed by atoms with E-state index in [1.807, 2.05) is 0 Å². The van der Waals surface area contributed by atoms with Crippen molar-refractivity contribution in [2.75, 3.05) is 5.32 Å². The minimum absolute atomic E-state index is 0.0980. The maximum Gasteiger partial charge on any atom is 0.291 e. The lowest BCUT2D eigenvalue weighted by atomic mass is 10.1. The van der Waals surface area contributed by atoms with Gasteiger partial charge in [0.1, 0.15) is 0 Å². The summed E-state index contributed by atoms with van der Waals surface area (Å²) in [6.07, 6.45) is 0. The number of carbonyl (C=O) groups excluding carboxylic acids is 1. The predicted octanol–water partition coefficient (Wildman–Crippen LogP) is 3.47. The number of amides is 1. The Kier molecular flexibility index (Phi) is 3.01. The monoisotopic (exact) mass is 287 g/mol. The molecule has 0 fully saturated rings. The highest BCUT2D eigenvalue weighted by Gasteiger charge is 2.21. The Labute approximate surface area is 120 Å². The summed E-state index contributed by atoms with van der Waals surface area (Å²) in [6.45, 7) is 5.32. The molecule has 21 heavy (non-hydrogen) atoms. The van der Waals surface area contributed by atoms with Gasteiger partial charge >= 0.3 is 0 Å². The number of halogens is 1. The van der Waals surface area contributed by atoms with Crippen molar-refractivity contribution in [1.82, 2.24) is 10.2 Å². The number of H-pyrrole nitrogens is 1. The number of nitrogens with zero attached hydrogens (tertiary/aromatic N) is 1. The molecule has 6 heteroatoms. The molecule has 5 nitrogen and oxygen atoms in total. The fraction of sp³-hybridized carbons (Fsp3) is 0.200. The molecule has 3 aromatic rings. The van der Waals surface area contributed by atoms with Gasteiger partial charge in [-0.25, -0.2) is 4.39 Å². The third-order valence-electron chi connectivity index (χ3n) is 3.49. The summed E-state index contributed by atoms with van der Waals surface area (Å²) in [5.41, 5.74) is 2.75. The van der Waals surface area contributed by atoms with Crippen molar-refractivity contribution in [3.8, 4) is 0 Å². The van der Waals surface area contributed by atoms with E-state index in [-0.39, 0.29) is 11.3 Å². The van der Waals surface area contributed by atoms with E-state index in [0.29, 0.717) is 22.3 Å². The van der Waals surface area contributed by atoms with Crippen molar-refractivity contribution in [3.63, 3.8) is 0 Å². The summed E-state index contributed by atoms with van der Waals surface area (Å²) in [4.78, 5) is 12.3. The molecule has 108 valence electrons. The minimum atomic E-state index is -0.481. The van der Waals surface area contributed by atoms with Gasteiger partial charge in [-0.1, -0.05) is 12.1 Å². The molecule has 0 atom stereocenters. The zero-order valence-corrected chi connectivity index (χ0v) is 11.9. The van der Waals surface area contributed by atoms with Crippen LogP contribution in [0.4, 0.5) is 10.1 Å². The van der Waals surface area contributed by atoms with Gasteiger partial charge in [-0.3, -0.25) is 9.89 Å². The largest absolute Gasteiger partial charge is 0.448 e. The predicted molar refractivity (Wildman–Crippen MR) is 76.9 cm³/mol. The van der Waals surface area contributed by atoms with E-state index in [0.717, 1.165) is 5.69 Å². The Bertz CT molecular complexity index is 829. The maximum absolute atomic E-state index is 13.7. The molecule has 0 aliphatic heterocycles. The molecule has 0 bridgehead atoms.